The first-order valence-corrected chi connectivity index (χ1v) is 6.33. The fraction of sp³-hybridized carbons (Fsp3) is 0.500. The summed E-state index contributed by atoms with van der Waals surface area (Å²) in [5.41, 5.74) is -0.203. The summed E-state index contributed by atoms with van der Waals surface area (Å²) in [6, 6.07) is 7.26. The zero-order chi connectivity index (χ0) is 13.9. The molecular formula is C14H19NO4. The third-order valence-corrected chi connectivity index (χ3v) is 3.04. The Hall–Kier alpha value is -1.59. The minimum absolute atomic E-state index is 0.0249. The summed E-state index contributed by atoms with van der Waals surface area (Å²) < 4.78 is 10.7. The van der Waals surface area contributed by atoms with Crippen LogP contribution in [-0.4, -0.2) is 36.9 Å². The Balaban J connectivity index is 2.12. The molecule has 2 rings (SSSR count). The molecule has 5 nitrogen and oxygen atoms in total. The lowest BCUT2D eigenvalue weighted by Crippen LogP contribution is -2.54. The minimum Gasteiger partial charge on any atom is -0.489 e. The molecule has 2 N–H and O–H groups in total. The van der Waals surface area contributed by atoms with Gasteiger partial charge in [0, 0.05) is 0 Å². The van der Waals surface area contributed by atoms with Gasteiger partial charge in [-0.2, -0.15) is 0 Å². The molecule has 1 aromatic carbocycles. The first kappa shape index (κ1) is 13.8. The molecule has 104 valence electrons. The van der Waals surface area contributed by atoms with Crippen LogP contribution in [-0.2, 0) is 9.53 Å². The van der Waals surface area contributed by atoms with Crippen molar-refractivity contribution >= 4 is 11.6 Å². The number of carbonyl (C=O) groups excluding carboxylic acids is 1. The molecule has 0 atom stereocenters. The number of aliphatic hydroxyl groups is 1. The van der Waals surface area contributed by atoms with Gasteiger partial charge in [-0.3, -0.25) is 4.79 Å². The van der Waals surface area contributed by atoms with Crippen LogP contribution in [0.5, 0.6) is 5.75 Å². The van der Waals surface area contributed by atoms with Crippen LogP contribution in [0.25, 0.3) is 0 Å². The average molecular weight is 265 g/mol. The van der Waals surface area contributed by atoms with Crippen LogP contribution >= 0.6 is 0 Å². The second-order valence-corrected chi connectivity index (χ2v) is 5.05. The van der Waals surface area contributed by atoms with E-state index in [0.717, 1.165) is 0 Å². The summed E-state index contributed by atoms with van der Waals surface area (Å²) in [6.07, 6.45) is 0.0249. The van der Waals surface area contributed by atoms with Crippen molar-refractivity contribution < 1.29 is 19.4 Å². The number of nitrogens with one attached hydrogen (secondary N) is 1. The van der Waals surface area contributed by atoms with Gasteiger partial charge >= 0.3 is 0 Å². The van der Waals surface area contributed by atoms with E-state index in [-0.39, 0.29) is 31.8 Å². The third kappa shape index (κ3) is 2.88. The fourth-order valence-corrected chi connectivity index (χ4v) is 1.82. The van der Waals surface area contributed by atoms with E-state index >= 15 is 0 Å². The Bertz CT molecular complexity index is 449. The molecule has 1 saturated heterocycles. The predicted molar refractivity (Wildman–Crippen MR) is 71.2 cm³/mol. The van der Waals surface area contributed by atoms with Crippen molar-refractivity contribution in [2.75, 3.05) is 25.1 Å². The Kier molecular flexibility index (Phi) is 4.07. The zero-order valence-corrected chi connectivity index (χ0v) is 11.2. The number of benzene rings is 1. The molecular weight excluding hydrogens is 246 g/mol. The molecule has 19 heavy (non-hydrogen) atoms. The van der Waals surface area contributed by atoms with E-state index in [1.807, 2.05) is 26.0 Å². The monoisotopic (exact) mass is 265 g/mol. The van der Waals surface area contributed by atoms with Crippen molar-refractivity contribution in [2.24, 2.45) is 5.41 Å². The molecule has 1 aliphatic heterocycles. The zero-order valence-electron chi connectivity index (χ0n) is 11.2. The predicted octanol–water partition coefficient (Wildman–Crippen LogP) is 1.42. The number of ether oxygens (including phenoxy) is 2. The van der Waals surface area contributed by atoms with E-state index in [9.17, 15) is 9.90 Å². The summed E-state index contributed by atoms with van der Waals surface area (Å²) >= 11 is 0. The molecule has 1 aromatic rings. The maximum absolute atomic E-state index is 12.2. The van der Waals surface area contributed by atoms with E-state index in [1.165, 1.54) is 0 Å². The van der Waals surface area contributed by atoms with Crippen LogP contribution in [0.4, 0.5) is 5.69 Å². The third-order valence-electron chi connectivity index (χ3n) is 3.04. The molecule has 1 aliphatic rings. The first-order valence-electron chi connectivity index (χ1n) is 6.33. The van der Waals surface area contributed by atoms with Crippen molar-refractivity contribution in [3.63, 3.8) is 0 Å². The number of para-hydroxylation sites is 2. The Morgan fingerprint density at radius 3 is 2.68 bits per heavy atom. The van der Waals surface area contributed by atoms with E-state index in [1.54, 1.807) is 12.1 Å². The van der Waals surface area contributed by atoms with Gasteiger partial charge in [-0.1, -0.05) is 12.1 Å². The molecule has 0 radical (unpaired) electrons. The second kappa shape index (κ2) is 5.59. The number of hydrogen-bond acceptors (Lipinski definition) is 4. The maximum atomic E-state index is 12.2. The molecule has 0 saturated carbocycles. The summed E-state index contributed by atoms with van der Waals surface area (Å²) in [5, 5.41) is 12.1. The number of aliphatic hydroxyl groups excluding tert-OH is 1. The number of anilines is 1. The summed E-state index contributed by atoms with van der Waals surface area (Å²) in [7, 11) is 0. The first-order chi connectivity index (χ1) is 9.07. The lowest BCUT2D eigenvalue weighted by atomic mass is 9.86. The number of rotatable bonds is 5. The van der Waals surface area contributed by atoms with Crippen molar-refractivity contribution in [1.29, 1.82) is 0 Å². The van der Waals surface area contributed by atoms with E-state index in [4.69, 9.17) is 9.47 Å². The summed E-state index contributed by atoms with van der Waals surface area (Å²) in [4.78, 5) is 12.2. The van der Waals surface area contributed by atoms with Crippen LogP contribution in [0.15, 0.2) is 24.3 Å². The Labute approximate surface area is 112 Å². The molecule has 0 unspecified atom stereocenters. The van der Waals surface area contributed by atoms with Gasteiger partial charge in [-0.25, -0.2) is 0 Å². The lowest BCUT2D eigenvalue weighted by Gasteiger charge is -2.38. The summed E-state index contributed by atoms with van der Waals surface area (Å²) in [6.45, 7) is 4.14. The Morgan fingerprint density at radius 1 is 1.47 bits per heavy atom. The van der Waals surface area contributed by atoms with Crippen molar-refractivity contribution in [3.05, 3.63) is 24.3 Å². The van der Waals surface area contributed by atoms with Crippen LogP contribution < -0.4 is 10.1 Å². The molecule has 0 aromatic heterocycles. The molecule has 5 heteroatoms. The van der Waals surface area contributed by atoms with Gasteiger partial charge in [0.2, 0.25) is 5.91 Å². The Morgan fingerprint density at radius 2 is 2.16 bits per heavy atom. The fourth-order valence-electron chi connectivity index (χ4n) is 1.82. The highest BCUT2D eigenvalue weighted by molar-refractivity contribution is 5.97. The van der Waals surface area contributed by atoms with Crippen LogP contribution in [0, 0.1) is 5.41 Å². The van der Waals surface area contributed by atoms with E-state index in [0.29, 0.717) is 11.4 Å². The molecule has 0 aliphatic carbocycles. The maximum Gasteiger partial charge on any atom is 0.237 e. The molecule has 1 amide bonds. The smallest absolute Gasteiger partial charge is 0.237 e. The quantitative estimate of drug-likeness (QED) is 0.845. The van der Waals surface area contributed by atoms with Crippen LogP contribution in [0.2, 0.25) is 0 Å². The molecule has 1 fully saturated rings. The highest BCUT2D eigenvalue weighted by Crippen LogP contribution is 2.31. The van der Waals surface area contributed by atoms with E-state index in [2.05, 4.69) is 5.32 Å². The normalized spacial score (nSPS) is 16.8. The van der Waals surface area contributed by atoms with Gasteiger partial charge < -0.3 is 19.9 Å². The lowest BCUT2D eigenvalue weighted by molar-refractivity contribution is -0.164. The largest absolute Gasteiger partial charge is 0.489 e. The van der Waals surface area contributed by atoms with Gasteiger partial charge in [-0.15, -0.1) is 0 Å². The van der Waals surface area contributed by atoms with Crippen LogP contribution in [0.3, 0.4) is 0 Å². The van der Waals surface area contributed by atoms with Gasteiger partial charge in [-0.05, 0) is 26.0 Å². The average Bonchev–Trinajstić information content (AvgIpc) is 2.30. The molecule has 0 spiro atoms. The highest BCUT2D eigenvalue weighted by atomic mass is 16.5. The van der Waals surface area contributed by atoms with Gasteiger partial charge in [0.05, 0.1) is 31.6 Å². The van der Waals surface area contributed by atoms with Gasteiger partial charge in [0.25, 0.3) is 0 Å². The van der Waals surface area contributed by atoms with Gasteiger partial charge in [0.15, 0.2) is 0 Å². The van der Waals surface area contributed by atoms with Crippen molar-refractivity contribution in [2.45, 2.75) is 20.0 Å². The topological polar surface area (TPSA) is 67.8 Å². The number of carbonyl (C=O) groups is 1. The molecule has 0 bridgehead atoms. The van der Waals surface area contributed by atoms with Crippen molar-refractivity contribution in [1.82, 2.24) is 0 Å². The number of hydrogen-bond donors (Lipinski definition) is 2. The van der Waals surface area contributed by atoms with Crippen LogP contribution in [0.1, 0.15) is 13.8 Å². The standard InChI is InChI=1S/C14H19NO4/c1-10(2)19-12-6-4-3-5-11(12)15-13(17)14(7-16)8-18-9-14/h3-6,10,16H,7-9H2,1-2H3,(H,15,17). The molecule has 1 heterocycles. The minimum atomic E-state index is -0.815. The second-order valence-electron chi connectivity index (χ2n) is 5.05. The highest BCUT2D eigenvalue weighted by Gasteiger charge is 2.45. The summed E-state index contributed by atoms with van der Waals surface area (Å²) in [5.74, 6) is 0.389. The number of amides is 1. The van der Waals surface area contributed by atoms with Crippen molar-refractivity contribution in [3.8, 4) is 5.75 Å². The van der Waals surface area contributed by atoms with Gasteiger partial charge in [0.1, 0.15) is 11.2 Å². The SMILES string of the molecule is CC(C)Oc1ccccc1NC(=O)C1(CO)COC1. The van der Waals surface area contributed by atoms with E-state index < -0.39 is 5.41 Å².